The lowest BCUT2D eigenvalue weighted by molar-refractivity contribution is 0.0694. The fourth-order valence-corrected chi connectivity index (χ4v) is 1.85. The molecule has 0 amide bonds. The molecule has 1 N–H and O–H groups in total. The van der Waals surface area contributed by atoms with Crippen LogP contribution >= 0.6 is 15.9 Å². The molecule has 0 bridgehead atoms. The number of carbonyl (C=O) groups is 1. The molecule has 1 heterocycles. The molecule has 0 unspecified atom stereocenters. The molecular formula is C13H10BrNO3. The molecule has 1 aromatic carbocycles. The van der Waals surface area contributed by atoms with Crippen molar-refractivity contribution in [2.45, 2.75) is 6.54 Å². The van der Waals surface area contributed by atoms with Crippen LogP contribution in [-0.2, 0) is 6.54 Å². The van der Waals surface area contributed by atoms with E-state index < -0.39 is 11.4 Å². The van der Waals surface area contributed by atoms with Crippen LogP contribution in [0, 0.1) is 0 Å². The van der Waals surface area contributed by atoms with Gasteiger partial charge in [0.15, 0.2) is 5.43 Å². The predicted octanol–water partition coefficient (Wildman–Crippen LogP) is 2.36. The van der Waals surface area contributed by atoms with Crippen molar-refractivity contribution < 1.29 is 9.90 Å². The summed E-state index contributed by atoms with van der Waals surface area (Å²) in [6.45, 7) is 0.522. The third-order valence-corrected chi connectivity index (χ3v) is 3.02. The number of pyridine rings is 1. The lowest BCUT2D eigenvalue weighted by atomic mass is 10.2. The van der Waals surface area contributed by atoms with Gasteiger partial charge in [-0.05, 0) is 17.7 Å². The average molecular weight is 308 g/mol. The molecule has 2 rings (SSSR count). The fraction of sp³-hybridized carbons (Fsp3) is 0.0769. The molecule has 0 spiro atoms. The lowest BCUT2D eigenvalue weighted by Crippen LogP contribution is -2.16. The molecule has 1 aromatic heterocycles. The van der Waals surface area contributed by atoms with Gasteiger partial charge in [0, 0.05) is 29.5 Å². The molecule has 5 heteroatoms. The summed E-state index contributed by atoms with van der Waals surface area (Å²) in [5, 5.41) is 8.87. The average Bonchev–Trinajstić information content (AvgIpc) is 2.34. The van der Waals surface area contributed by atoms with E-state index in [1.54, 1.807) is 10.8 Å². The summed E-state index contributed by atoms with van der Waals surface area (Å²) in [7, 11) is 0. The molecule has 4 nitrogen and oxygen atoms in total. The van der Waals surface area contributed by atoms with Crippen molar-refractivity contribution in [2.24, 2.45) is 0 Å². The Morgan fingerprint density at radius 3 is 2.50 bits per heavy atom. The molecular weight excluding hydrogens is 298 g/mol. The van der Waals surface area contributed by atoms with Crippen LogP contribution in [0.25, 0.3) is 0 Å². The summed E-state index contributed by atoms with van der Waals surface area (Å²) >= 11 is 3.35. The van der Waals surface area contributed by atoms with Gasteiger partial charge in [0.25, 0.3) is 0 Å². The zero-order valence-corrected chi connectivity index (χ0v) is 10.9. The Bertz CT molecular complexity index is 631. The number of aromatic carboxylic acids is 1. The Kier molecular flexibility index (Phi) is 3.62. The Hall–Kier alpha value is -1.88. The maximum atomic E-state index is 11.3. The van der Waals surface area contributed by atoms with E-state index in [2.05, 4.69) is 15.9 Å². The SMILES string of the molecule is O=C(O)c1cn(Cc2ccc(Br)cc2)ccc1=O. The molecule has 0 fully saturated rings. The van der Waals surface area contributed by atoms with Gasteiger partial charge in [-0.3, -0.25) is 4.79 Å². The highest BCUT2D eigenvalue weighted by Crippen LogP contribution is 2.11. The van der Waals surface area contributed by atoms with Gasteiger partial charge in [-0.25, -0.2) is 4.79 Å². The Morgan fingerprint density at radius 2 is 1.89 bits per heavy atom. The molecule has 0 atom stereocenters. The minimum Gasteiger partial charge on any atom is -0.477 e. The van der Waals surface area contributed by atoms with Crippen LogP contribution in [-0.4, -0.2) is 15.6 Å². The summed E-state index contributed by atoms with van der Waals surface area (Å²) in [4.78, 5) is 22.2. The van der Waals surface area contributed by atoms with Crippen LogP contribution in [0.4, 0.5) is 0 Å². The minimum absolute atomic E-state index is 0.213. The van der Waals surface area contributed by atoms with Crippen LogP contribution in [0.2, 0.25) is 0 Å². The van der Waals surface area contributed by atoms with E-state index >= 15 is 0 Å². The maximum absolute atomic E-state index is 11.3. The predicted molar refractivity (Wildman–Crippen MR) is 70.9 cm³/mol. The van der Waals surface area contributed by atoms with E-state index in [1.807, 2.05) is 24.3 Å². The highest BCUT2D eigenvalue weighted by atomic mass is 79.9. The number of benzene rings is 1. The van der Waals surface area contributed by atoms with E-state index in [-0.39, 0.29) is 5.56 Å². The number of rotatable bonds is 3. The van der Waals surface area contributed by atoms with Gasteiger partial charge in [-0.2, -0.15) is 0 Å². The van der Waals surface area contributed by atoms with E-state index in [0.717, 1.165) is 10.0 Å². The summed E-state index contributed by atoms with van der Waals surface area (Å²) in [6, 6.07) is 8.96. The standard InChI is InChI=1S/C13H10BrNO3/c14-10-3-1-9(2-4-10)7-15-6-5-12(16)11(8-15)13(17)18/h1-6,8H,7H2,(H,17,18). The van der Waals surface area contributed by atoms with E-state index in [9.17, 15) is 9.59 Å². The van der Waals surface area contributed by atoms with E-state index in [4.69, 9.17) is 5.11 Å². The number of hydrogen-bond donors (Lipinski definition) is 1. The first-order valence-corrected chi connectivity index (χ1v) is 6.03. The number of carboxylic acids is 1. The van der Waals surface area contributed by atoms with E-state index in [1.165, 1.54) is 12.3 Å². The van der Waals surface area contributed by atoms with Gasteiger partial charge in [-0.15, -0.1) is 0 Å². The quantitative estimate of drug-likeness (QED) is 0.947. The molecule has 2 aromatic rings. The largest absolute Gasteiger partial charge is 0.477 e. The summed E-state index contributed by atoms with van der Waals surface area (Å²) in [5.74, 6) is -1.20. The van der Waals surface area contributed by atoms with Gasteiger partial charge in [0.2, 0.25) is 0 Å². The fourth-order valence-electron chi connectivity index (χ4n) is 1.59. The van der Waals surface area contributed by atoms with Gasteiger partial charge in [-0.1, -0.05) is 28.1 Å². The highest BCUT2D eigenvalue weighted by molar-refractivity contribution is 9.10. The number of hydrogen-bond acceptors (Lipinski definition) is 2. The number of carboxylic acid groups (broad SMARTS) is 1. The van der Waals surface area contributed by atoms with Gasteiger partial charge < -0.3 is 9.67 Å². The first kappa shape index (κ1) is 12.6. The second-order valence-electron chi connectivity index (χ2n) is 3.83. The Balaban J connectivity index is 2.30. The Morgan fingerprint density at radius 1 is 1.22 bits per heavy atom. The van der Waals surface area contributed by atoms with Crippen molar-refractivity contribution in [2.75, 3.05) is 0 Å². The van der Waals surface area contributed by atoms with Gasteiger partial charge >= 0.3 is 5.97 Å². The normalized spacial score (nSPS) is 10.3. The molecule has 18 heavy (non-hydrogen) atoms. The van der Waals surface area contributed by atoms with Crippen LogP contribution in [0.15, 0.2) is 52.0 Å². The summed E-state index contributed by atoms with van der Waals surface area (Å²) < 4.78 is 2.66. The zero-order valence-electron chi connectivity index (χ0n) is 9.34. The van der Waals surface area contributed by atoms with Crippen molar-refractivity contribution in [1.29, 1.82) is 0 Å². The van der Waals surface area contributed by atoms with Crippen LogP contribution in [0.5, 0.6) is 0 Å². The highest BCUT2D eigenvalue weighted by Gasteiger charge is 2.08. The van der Waals surface area contributed by atoms with Crippen molar-refractivity contribution >= 4 is 21.9 Å². The maximum Gasteiger partial charge on any atom is 0.341 e. The molecule has 0 aliphatic carbocycles. The molecule has 92 valence electrons. The third-order valence-electron chi connectivity index (χ3n) is 2.49. The number of nitrogens with zero attached hydrogens (tertiary/aromatic N) is 1. The zero-order chi connectivity index (χ0) is 13.1. The van der Waals surface area contributed by atoms with E-state index in [0.29, 0.717) is 6.54 Å². The topological polar surface area (TPSA) is 59.3 Å². The number of aromatic nitrogens is 1. The second kappa shape index (κ2) is 5.18. The Labute approximate surface area is 112 Å². The molecule has 0 aliphatic rings. The van der Waals surface area contributed by atoms with Crippen molar-refractivity contribution in [3.05, 3.63) is 68.5 Å². The van der Waals surface area contributed by atoms with Crippen molar-refractivity contribution in [1.82, 2.24) is 4.57 Å². The first-order chi connectivity index (χ1) is 8.56. The second-order valence-corrected chi connectivity index (χ2v) is 4.74. The first-order valence-electron chi connectivity index (χ1n) is 5.24. The summed E-state index contributed by atoms with van der Waals surface area (Å²) in [6.07, 6.45) is 2.93. The molecule has 0 saturated heterocycles. The minimum atomic E-state index is -1.20. The number of halogens is 1. The molecule has 0 radical (unpaired) electrons. The molecule has 0 saturated carbocycles. The van der Waals surface area contributed by atoms with Crippen LogP contribution in [0.1, 0.15) is 15.9 Å². The third kappa shape index (κ3) is 2.87. The monoisotopic (exact) mass is 307 g/mol. The lowest BCUT2D eigenvalue weighted by Gasteiger charge is -2.07. The van der Waals surface area contributed by atoms with Crippen molar-refractivity contribution in [3.63, 3.8) is 0 Å². The molecule has 0 aliphatic heterocycles. The van der Waals surface area contributed by atoms with Crippen molar-refractivity contribution in [3.8, 4) is 0 Å². The van der Waals surface area contributed by atoms with Crippen LogP contribution in [0.3, 0.4) is 0 Å². The van der Waals surface area contributed by atoms with Crippen LogP contribution < -0.4 is 5.43 Å². The summed E-state index contributed by atoms with van der Waals surface area (Å²) in [5.41, 5.74) is 0.336. The van der Waals surface area contributed by atoms with Gasteiger partial charge in [0.1, 0.15) is 5.56 Å². The smallest absolute Gasteiger partial charge is 0.341 e. The van der Waals surface area contributed by atoms with Gasteiger partial charge in [0.05, 0.1) is 0 Å².